The molecule has 0 saturated carbocycles. The predicted molar refractivity (Wildman–Crippen MR) is 79.4 cm³/mol. The molecular weight excluding hydrogens is 296 g/mol. The number of imidazole rings is 1. The first kappa shape index (κ1) is 15.4. The quantitative estimate of drug-likeness (QED) is 0.765. The van der Waals surface area contributed by atoms with Crippen molar-refractivity contribution in [3.8, 4) is 0 Å². The number of H-pyrrole nitrogens is 1. The zero-order valence-corrected chi connectivity index (χ0v) is 12.8. The third kappa shape index (κ3) is 3.02. The first-order valence-corrected chi connectivity index (χ1v) is 7.49. The summed E-state index contributed by atoms with van der Waals surface area (Å²) >= 11 is 1.34. The van der Waals surface area contributed by atoms with Gasteiger partial charge >= 0.3 is 11.7 Å². The van der Waals surface area contributed by atoms with Gasteiger partial charge in [-0.15, -0.1) is 11.8 Å². The molecule has 0 bridgehead atoms. The Kier molecular flexibility index (Phi) is 4.51. The van der Waals surface area contributed by atoms with Gasteiger partial charge in [0.25, 0.3) is 5.56 Å². The average Bonchev–Trinajstić information content (AvgIpc) is 2.75. The van der Waals surface area contributed by atoms with Crippen molar-refractivity contribution >= 4 is 28.9 Å². The van der Waals surface area contributed by atoms with Gasteiger partial charge in [0.05, 0.1) is 18.1 Å². The van der Waals surface area contributed by atoms with Gasteiger partial charge in [-0.05, 0) is 6.92 Å². The lowest BCUT2D eigenvalue weighted by molar-refractivity contribution is -0.139. The highest BCUT2D eigenvalue weighted by molar-refractivity contribution is 7.99. The summed E-state index contributed by atoms with van der Waals surface area (Å²) in [5.74, 6) is 0.988. The first-order chi connectivity index (χ1) is 9.95. The van der Waals surface area contributed by atoms with Gasteiger partial charge in [0.1, 0.15) is 5.82 Å². The Morgan fingerprint density at radius 1 is 1.33 bits per heavy atom. The molecule has 2 rings (SSSR count). The van der Waals surface area contributed by atoms with Crippen LogP contribution in [0.2, 0.25) is 0 Å². The lowest BCUT2D eigenvalue weighted by Gasteiger charge is -2.02. The van der Waals surface area contributed by atoms with Gasteiger partial charge in [-0.3, -0.25) is 19.1 Å². The Balaban J connectivity index is 2.26. The Labute approximate surface area is 124 Å². The number of hydrogen-bond acceptors (Lipinski definition) is 6. The zero-order valence-electron chi connectivity index (χ0n) is 12.0. The molecule has 2 aromatic rings. The van der Waals surface area contributed by atoms with Crippen LogP contribution < -0.4 is 11.2 Å². The molecule has 8 nitrogen and oxygen atoms in total. The molecule has 21 heavy (non-hydrogen) atoms. The Hall–Kier alpha value is -2.03. The van der Waals surface area contributed by atoms with E-state index in [1.807, 2.05) is 0 Å². The highest BCUT2D eigenvalue weighted by atomic mass is 32.2. The topological polar surface area (TPSA) is 99.0 Å². The van der Waals surface area contributed by atoms with Crippen molar-refractivity contribution in [2.24, 2.45) is 14.1 Å². The summed E-state index contributed by atoms with van der Waals surface area (Å²) in [6, 6.07) is 0. The van der Waals surface area contributed by atoms with E-state index in [0.29, 0.717) is 29.3 Å². The smallest absolute Gasteiger partial charge is 0.329 e. The Bertz CT molecular complexity index is 789. The maximum Gasteiger partial charge on any atom is 0.329 e. The molecule has 0 fully saturated rings. The highest BCUT2D eigenvalue weighted by Gasteiger charge is 2.15. The van der Waals surface area contributed by atoms with Crippen molar-refractivity contribution < 1.29 is 9.53 Å². The van der Waals surface area contributed by atoms with Crippen LogP contribution in [0.5, 0.6) is 0 Å². The lowest BCUT2D eigenvalue weighted by Crippen LogP contribution is -2.29. The molecule has 0 radical (unpaired) electrons. The predicted octanol–water partition coefficient (Wildman–Crippen LogP) is -0.243. The van der Waals surface area contributed by atoms with E-state index in [1.165, 1.54) is 16.3 Å². The van der Waals surface area contributed by atoms with Crippen LogP contribution in [-0.2, 0) is 29.4 Å². The van der Waals surface area contributed by atoms with E-state index in [2.05, 4.69) is 9.97 Å². The molecule has 9 heteroatoms. The second-order valence-electron chi connectivity index (χ2n) is 4.38. The number of aromatic amines is 1. The van der Waals surface area contributed by atoms with Crippen molar-refractivity contribution in [1.82, 2.24) is 19.1 Å². The molecular formula is C12H16N4O4S. The SMILES string of the molecule is CCOC(=O)CSCc1nc2c(c(=O)[nH]c(=O)n2C)n1C. The van der Waals surface area contributed by atoms with Gasteiger partial charge in [-0.25, -0.2) is 9.78 Å². The van der Waals surface area contributed by atoms with E-state index in [0.717, 1.165) is 0 Å². The summed E-state index contributed by atoms with van der Waals surface area (Å²) in [5.41, 5.74) is -0.303. The van der Waals surface area contributed by atoms with Crippen molar-refractivity contribution in [3.05, 3.63) is 26.7 Å². The first-order valence-electron chi connectivity index (χ1n) is 6.33. The van der Waals surface area contributed by atoms with Crippen LogP contribution in [0.3, 0.4) is 0 Å². The number of carbonyl (C=O) groups is 1. The third-order valence-electron chi connectivity index (χ3n) is 2.98. The van der Waals surface area contributed by atoms with Crippen LogP contribution in [0.4, 0.5) is 0 Å². The molecule has 0 aliphatic rings. The zero-order chi connectivity index (χ0) is 15.6. The number of aryl methyl sites for hydroxylation is 2. The van der Waals surface area contributed by atoms with Crippen LogP contribution in [0.1, 0.15) is 12.7 Å². The molecule has 0 aliphatic carbocycles. The molecule has 0 aliphatic heterocycles. The van der Waals surface area contributed by atoms with E-state index in [1.54, 1.807) is 25.6 Å². The fourth-order valence-corrected chi connectivity index (χ4v) is 2.70. The van der Waals surface area contributed by atoms with Gasteiger partial charge in [0.15, 0.2) is 11.2 Å². The van der Waals surface area contributed by atoms with Crippen LogP contribution in [0, 0.1) is 0 Å². The summed E-state index contributed by atoms with van der Waals surface area (Å²) < 4.78 is 7.75. The summed E-state index contributed by atoms with van der Waals surface area (Å²) in [7, 11) is 3.25. The summed E-state index contributed by atoms with van der Waals surface area (Å²) in [6.07, 6.45) is 0. The van der Waals surface area contributed by atoms with Gasteiger partial charge in [-0.1, -0.05) is 0 Å². The Morgan fingerprint density at radius 2 is 2.05 bits per heavy atom. The summed E-state index contributed by atoms with van der Waals surface area (Å²) in [6.45, 7) is 2.10. The molecule has 0 atom stereocenters. The molecule has 2 aromatic heterocycles. The molecule has 0 amide bonds. The minimum absolute atomic E-state index is 0.215. The fourth-order valence-electron chi connectivity index (χ4n) is 1.91. The number of aromatic nitrogens is 4. The van der Waals surface area contributed by atoms with Crippen LogP contribution in [0.15, 0.2) is 9.59 Å². The number of ether oxygens (including phenoxy) is 1. The van der Waals surface area contributed by atoms with E-state index in [9.17, 15) is 14.4 Å². The lowest BCUT2D eigenvalue weighted by atomic mass is 10.5. The van der Waals surface area contributed by atoms with Crippen molar-refractivity contribution in [3.63, 3.8) is 0 Å². The fraction of sp³-hybridized carbons (Fsp3) is 0.500. The number of hydrogen-bond donors (Lipinski definition) is 1. The van der Waals surface area contributed by atoms with Gasteiger partial charge < -0.3 is 9.30 Å². The van der Waals surface area contributed by atoms with Crippen molar-refractivity contribution in [2.45, 2.75) is 12.7 Å². The monoisotopic (exact) mass is 312 g/mol. The largest absolute Gasteiger partial charge is 0.465 e. The molecule has 0 unspecified atom stereocenters. The molecule has 2 heterocycles. The van der Waals surface area contributed by atoms with E-state index in [-0.39, 0.29) is 11.7 Å². The number of fused-ring (bicyclic) bond motifs is 1. The van der Waals surface area contributed by atoms with Gasteiger partial charge in [0.2, 0.25) is 0 Å². The second-order valence-corrected chi connectivity index (χ2v) is 5.36. The minimum atomic E-state index is -0.503. The van der Waals surface area contributed by atoms with E-state index in [4.69, 9.17) is 4.74 Å². The molecule has 0 aromatic carbocycles. The highest BCUT2D eigenvalue weighted by Crippen LogP contribution is 2.15. The third-order valence-corrected chi connectivity index (χ3v) is 3.89. The maximum absolute atomic E-state index is 11.8. The van der Waals surface area contributed by atoms with Gasteiger partial charge in [0, 0.05) is 14.1 Å². The number of carbonyl (C=O) groups excluding carboxylic acids is 1. The maximum atomic E-state index is 11.8. The number of esters is 1. The normalized spacial score (nSPS) is 11.0. The molecule has 0 saturated heterocycles. The van der Waals surface area contributed by atoms with Gasteiger partial charge in [-0.2, -0.15) is 0 Å². The summed E-state index contributed by atoms with van der Waals surface area (Å²) in [4.78, 5) is 41.2. The minimum Gasteiger partial charge on any atom is -0.465 e. The van der Waals surface area contributed by atoms with E-state index < -0.39 is 11.2 Å². The molecule has 114 valence electrons. The standard InChI is InChI=1S/C12H16N4O4S/c1-4-20-8(17)6-21-5-7-13-10-9(15(7)2)11(18)14-12(19)16(10)3/h4-6H2,1-3H3,(H,14,18,19). The van der Waals surface area contributed by atoms with E-state index >= 15 is 0 Å². The van der Waals surface area contributed by atoms with Crippen LogP contribution >= 0.6 is 11.8 Å². The Morgan fingerprint density at radius 3 is 2.71 bits per heavy atom. The van der Waals surface area contributed by atoms with Crippen molar-refractivity contribution in [2.75, 3.05) is 12.4 Å². The van der Waals surface area contributed by atoms with Crippen molar-refractivity contribution in [1.29, 1.82) is 0 Å². The average molecular weight is 312 g/mol. The second kappa shape index (κ2) is 6.17. The molecule has 0 spiro atoms. The van der Waals surface area contributed by atoms with Crippen LogP contribution in [0.25, 0.3) is 11.2 Å². The van der Waals surface area contributed by atoms with Crippen LogP contribution in [-0.4, -0.2) is 37.4 Å². The number of rotatable bonds is 5. The molecule has 1 N–H and O–H groups in total. The number of thioether (sulfide) groups is 1. The number of nitrogens with zero attached hydrogens (tertiary/aromatic N) is 3. The number of nitrogens with one attached hydrogen (secondary N) is 1. The summed E-state index contributed by atoms with van der Waals surface area (Å²) in [5, 5.41) is 0.